The number of ether oxygens (including phenoxy) is 1. The lowest BCUT2D eigenvalue weighted by molar-refractivity contribution is -0.140. The minimum Gasteiger partial charge on any atom is -0.370 e. The van der Waals surface area contributed by atoms with Crippen molar-refractivity contribution in [3.63, 3.8) is 0 Å². The van der Waals surface area contributed by atoms with Crippen molar-refractivity contribution in [2.24, 2.45) is 0 Å². The molecule has 0 aromatic heterocycles. The van der Waals surface area contributed by atoms with Gasteiger partial charge in [0.25, 0.3) is 5.91 Å². The molecule has 1 N–H and O–H groups in total. The first kappa shape index (κ1) is 14.9. The number of carbonyl (C=O) groups is 1. The van der Waals surface area contributed by atoms with Crippen LogP contribution in [0.1, 0.15) is 27.6 Å². The van der Waals surface area contributed by atoms with E-state index < -0.39 is 0 Å². The third-order valence-corrected chi connectivity index (χ3v) is 2.91. The molecule has 0 unspecified atom stereocenters. The number of carbonyl (C=O) groups excluding carboxylic acids is 1. The highest BCUT2D eigenvalue weighted by atomic mass is 16.5. The molecule has 2 rings (SSSR count). The Bertz CT molecular complexity index is 315. The van der Waals surface area contributed by atoms with Crippen LogP contribution in [0.3, 0.4) is 0 Å². The Balaban J connectivity index is 0.000000576. The maximum atomic E-state index is 11.5. The molecule has 0 spiro atoms. The normalized spacial score (nSPS) is 19.8. The molecule has 4 heteroatoms. The summed E-state index contributed by atoms with van der Waals surface area (Å²) in [4.78, 5) is 13.4. The first-order valence-corrected chi connectivity index (χ1v) is 6.68. The Morgan fingerprint density at radius 2 is 2.33 bits per heavy atom. The third-order valence-electron chi connectivity index (χ3n) is 2.91. The van der Waals surface area contributed by atoms with Gasteiger partial charge in [0, 0.05) is 13.7 Å². The van der Waals surface area contributed by atoms with E-state index in [1.807, 2.05) is 18.0 Å². The summed E-state index contributed by atoms with van der Waals surface area (Å²) in [6.07, 6.45) is 9.49. The zero-order chi connectivity index (χ0) is 13.2. The summed E-state index contributed by atoms with van der Waals surface area (Å²) < 4.78 is 5.10. The summed E-state index contributed by atoms with van der Waals surface area (Å²) in [6, 6.07) is 0. The van der Waals surface area contributed by atoms with Crippen molar-refractivity contribution >= 4 is 5.91 Å². The average molecular weight is 254 g/mol. The molecule has 1 aliphatic heterocycles. The second-order valence-corrected chi connectivity index (χ2v) is 4.28. The molecule has 0 saturated carbocycles. The molecule has 0 aromatic rings. The van der Waals surface area contributed by atoms with Crippen LogP contribution in [0.25, 0.3) is 0 Å². The standard InChI is InChI=1S/C11H15NO2.C3H9N.H2/c13-11-9-14-8-7-12(11)10-5-3-1-2-4-6-10;1-3-4-2;/h1,3,5H,2,4,6-9H2;4H,3H2,1-2H3;1H. The predicted molar refractivity (Wildman–Crippen MR) is 75.3 cm³/mol. The van der Waals surface area contributed by atoms with Crippen LogP contribution in [-0.2, 0) is 9.53 Å². The number of hydrogen-bond acceptors (Lipinski definition) is 3. The second-order valence-electron chi connectivity index (χ2n) is 4.28. The van der Waals surface area contributed by atoms with E-state index in [1.54, 1.807) is 0 Å². The minimum atomic E-state index is 0. The van der Waals surface area contributed by atoms with E-state index in [0.29, 0.717) is 13.2 Å². The topological polar surface area (TPSA) is 41.6 Å². The van der Waals surface area contributed by atoms with Crippen molar-refractivity contribution in [3.05, 3.63) is 23.9 Å². The van der Waals surface area contributed by atoms with Gasteiger partial charge < -0.3 is 15.0 Å². The molecule has 18 heavy (non-hydrogen) atoms. The van der Waals surface area contributed by atoms with Crippen molar-refractivity contribution < 1.29 is 11.0 Å². The lowest BCUT2D eigenvalue weighted by Gasteiger charge is -2.28. The fourth-order valence-corrected chi connectivity index (χ4v) is 1.81. The van der Waals surface area contributed by atoms with E-state index >= 15 is 0 Å². The molecule has 4 nitrogen and oxygen atoms in total. The van der Waals surface area contributed by atoms with E-state index in [2.05, 4.69) is 24.4 Å². The lowest BCUT2D eigenvalue weighted by atomic mass is 10.2. The Hall–Kier alpha value is -1.13. The van der Waals surface area contributed by atoms with E-state index in [4.69, 9.17) is 4.74 Å². The van der Waals surface area contributed by atoms with Crippen molar-refractivity contribution in [2.45, 2.75) is 26.2 Å². The molecule has 1 saturated heterocycles. The van der Waals surface area contributed by atoms with Gasteiger partial charge >= 0.3 is 0 Å². The molecule has 2 aliphatic rings. The van der Waals surface area contributed by atoms with Crippen LogP contribution >= 0.6 is 0 Å². The van der Waals surface area contributed by atoms with Gasteiger partial charge in [-0.1, -0.05) is 19.1 Å². The third kappa shape index (κ3) is 5.02. The highest BCUT2D eigenvalue weighted by molar-refractivity contribution is 5.79. The monoisotopic (exact) mass is 254 g/mol. The van der Waals surface area contributed by atoms with Gasteiger partial charge in [0.15, 0.2) is 0 Å². The fourth-order valence-electron chi connectivity index (χ4n) is 1.81. The number of amides is 1. The van der Waals surface area contributed by atoms with Crippen LogP contribution in [0.5, 0.6) is 0 Å². The van der Waals surface area contributed by atoms with E-state index in [1.165, 1.54) is 0 Å². The van der Waals surface area contributed by atoms with Crippen LogP contribution in [0.2, 0.25) is 0 Å². The number of morpholine rings is 1. The summed E-state index contributed by atoms with van der Waals surface area (Å²) in [5.74, 6) is 0.0952. The minimum absolute atomic E-state index is 0. The Morgan fingerprint density at radius 3 is 3.00 bits per heavy atom. The van der Waals surface area contributed by atoms with E-state index in [9.17, 15) is 4.79 Å². The molecule has 0 aromatic carbocycles. The number of allylic oxidation sites excluding steroid dienone is 4. The highest BCUT2D eigenvalue weighted by Crippen LogP contribution is 2.18. The van der Waals surface area contributed by atoms with Crippen molar-refractivity contribution in [1.82, 2.24) is 10.2 Å². The van der Waals surface area contributed by atoms with Gasteiger partial charge in [-0.15, -0.1) is 0 Å². The molecule has 0 radical (unpaired) electrons. The zero-order valence-electron chi connectivity index (χ0n) is 11.4. The van der Waals surface area contributed by atoms with Gasteiger partial charge in [0.1, 0.15) is 6.61 Å². The van der Waals surface area contributed by atoms with Crippen LogP contribution < -0.4 is 5.32 Å². The molecule has 0 bridgehead atoms. The predicted octanol–water partition coefficient (Wildman–Crippen LogP) is 1.94. The molecule has 104 valence electrons. The maximum Gasteiger partial charge on any atom is 0.252 e. The van der Waals surface area contributed by atoms with Crippen LogP contribution in [-0.4, -0.2) is 44.2 Å². The molecule has 0 atom stereocenters. The van der Waals surface area contributed by atoms with Crippen LogP contribution in [0.4, 0.5) is 0 Å². The zero-order valence-corrected chi connectivity index (χ0v) is 11.4. The molecule has 1 fully saturated rings. The Labute approximate surface area is 111 Å². The number of nitrogens with one attached hydrogen (secondary N) is 1. The van der Waals surface area contributed by atoms with Crippen LogP contribution in [0.15, 0.2) is 23.9 Å². The van der Waals surface area contributed by atoms with E-state index in [-0.39, 0.29) is 13.9 Å². The van der Waals surface area contributed by atoms with Crippen molar-refractivity contribution in [3.8, 4) is 0 Å². The Morgan fingerprint density at radius 1 is 1.56 bits per heavy atom. The van der Waals surface area contributed by atoms with Gasteiger partial charge in [0.2, 0.25) is 0 Å². The first-order valence-electron chi connectivity index (χ1n) is 6.68. The smallest absolute Gasteiger partial charge is 0.252 e. The first-order chi connectivity index (χ1) is 8.79. The van der Waals surface area contributed by atoms with Crippen molar-refractivity contribution in [2.75, 3.05) is 33.4 Å². The van der Waals surface area contributed by atoms with Crippen molar-refractivity contribution in [1.29, 1.82) is 0 Å². The van der Waals surface area contributed by atoms with E-state index in [0.717, 1.165) is 31.5 Å². The van der Waals surface area contributed by atoms with Gasteiger partial charge in [-0.25, -0.2) is 0 Å². The number of hydrogen-bond donors (Lipinski definition) is 1. The van der Waals surface area contributed by atoms with Gasteiger partial charge in [-0.3, -0.25) is 4.79 Å². The number of nitrogens with zero attached hydrogens (tertiary/aromatic N) is 1. The quantitative estimate of drug-likeness (QED) is 0.819. The SMILES string of the molecule is CCNC.O=C1COCCN1C1=CC=CCCC1.[HH]. The number of rotatable bonds is 2. The second kappa shape index (κ2) is 8.89. The molecular weight excluding hydrogens is 228 g/mol. The molecular formula is C14H26N2O2. The van der Waals surface area contributed by atoms with Crippen LogP contribution in [0, 0.1) is 0 Å². The maximum absolute atomic E-state index is 11.5. The molecule has 1 heterocycles. The fraction of sp³-hybridized carbons (Fsp3) is 0.643. The molecule has 1 amide bonds. The highest BCUT2D eigenvalue weighted by Gasteiger charge is 2.21. The molecule has 1 aliphatic carbocycles. The summed E-state index contributed by atoms with van der Waals surface area (Å²) >= 11 is 0. The Kier molecular flexibility index (Phi) is 7.37. The summed E-state index contributed by atoms with van der Waals surface area (Å²) in [5.41, 5.74) is 1.15. The lowest BCUT2D eigenvalue weighted by Crippen LogP contribution is -2.40. The summed E-state index contributed by atoms with van der Waals surface area (Å²) in [7, 11) is 1.93. The van der Waals surface area contributed by atoms with Gasteiger partial charge in [-0.2, -0.15) is 0 Å². The van der Waals surface area contributed by atoms with Gasteiger partial charge in [0.05, 0.1) is 6.61 Å². The largest absolute Gasteiger partial charge is 0.370 e. The average Bonchev–Trinajstić information content (AvgIpc) is 2.68. The summed E-state index contributed by atoms with van der Waals surface area (Å²) in [6.45, 7) is 4.74. The van der Waals surface area contributed by atoms with Gasteiger partial charge in [-0.05, 0) is 38.9 Å². The summed E-state index contributed by atoms with van der Waals surface area (Å²) in [5, 5.41) is 2.93.